The first-order valence-corrected chi connectivity index (χ1v) is 7.14. The van der Waals surface area contributed by atoms with E-state index in [0.29, 0.717) is 17.9 Å². The quantitative estimate of drug-likeness (QED) is 0.835. The molecule has 0 aliphatic carbocycles. The molecule has 0 radical (unpaired) electrons. The number of hydrogen-bond donors (Lipinski definition) is 1. The number of aliphatic imine (C=N–C) groups is 1. The molecule has 2 aliphatic rings. The highest BCUT2D eigenvalue weighted by Gasteiger charge is 2.46. The van der Waals surface area contributed by atoms with Gasteiger partial charge < -0.3 is 15.4 Å². The van der Waals surface area contributed by atoms with Crippen LogP contribution in [-0.4, -0.2) is 42.2 Å². The fraction of sp³-hybridized carbons (Fsp3) is 0.929. The normalized spacial score (nSPS) is 32.7. The molecular formula is C14H27N3O. The molecule has 0 saturated carbocycles. The van der Waals surface area contributed by atoms with Crippen molar-refractivity contribution in [3.05, 3.63) is 0 Å². The van der Waals surface area contributed by atoms with E-state index < -0.39 is 0 Å². The Morgan fingerprint density at radius 3 is 2.78 bits per heavy atom. The van der Waals surface area contributed by atoms with Gasteiger partial charge in [0.25, 0.3) is 0 Å². The molecule has 2 rings (SSSR count). The van der Waals surface area contributed by atoms with Crippen molar-refractivity contribution in [1.82, 2.24) is 4.90 Å². The van der Waals surface area contributed by atoms with Gasteiger partial charge in [0.2, 0.25) is 0 Å². The summed E-state index contributed by atoms with van der Waals surface area (Å²) in [6, 6.07) is 0. The molecule has 2 unspecified atom stereocenters. The average Bonchev–Trinajstić information content (AvgIpc) is 2.58. The van der Waals surface area contributed by atoms with Crippen molar-refractivity contribution in [2.75, 3.05) is 19.7 Å². The molecule has 2 heterocycles. The molecule has 1 saturated heterocycles. The summed E-state index contributed by atoms with van der Waals surface area (Å²) in [5.74, 6) is 1.90. The van der Waals surface area contributed by atoms with E-state index in [0.717, 1.165) is 38.5 Å². The summed E-state index contributed by atoms with van der Waals surface area (Å²) in [5, 5.41) is 0. The maximum atomic E-state index is 6.09. The molecule has 4 heteroatoms. The number of ether oxygens (including phenoxy) is 1. The molecule has 2 atom stereocenters. The first-order valence-electron chi connectivity index (χ1n) is 7.14. The predicted molar refractivity (Wildman–Crippen MR) is 74.6 cm³/mol. The molecule has 1 spiro atoms. The van der Waals surface area contributed by atoms with Crippen LogP contribution in [0.2, 0.25) is 0 Å². The third kappa shape index (κ3) is 2.48. The van der Waals surface area contributed by atoms with Crippen LogP contribution < -0.4 is 5.73 Å². The summed E-state index contributed by atoms with van der Waals surface area (Å²) in [6.45, 7) is 11.6. The van der Waals surface area contributed by atoms with E-state index in [1.807, 2.05) is 0 Å². The predicted octanol–water partition coefficient (Wildman–Crippen LogP) is 1.85. The lowest BCUT2D eigenvalue weighted by molar-refractivity contribution is -0.0686. The highest BCUT2D eigenvalue weighted by Crippen LogP contribution is 2.37. The maximum absolute atomic E-state index is 6.09. The largest absolute Gasteiger partial charge is 0.378 e. The Morgan fingerprint density at radius 2 is 2.17 bits per heavy atom. The fourth-order valence-electron chi connectivity index (χ4n) is 3.05. The minimum absolute atomic E-state index is 0.127. The third-order valence-electron chi connectivity index (χ3n) is 4.16. The second-order valence-corrected chi connectivity index (χ2v) is 6.51. The van der Waals surface area contributed by atoms with E-state index in [2.05, 4.69) is 37.6 Å². The Balaban J connectivity index is 2.14. The second kappa shape index (κ2) is 5.08. The van der Waals surface area contributed by atoms with E-state index in [9.17, 15) is 0 Å². The van der Waals surface area contributed by atoms with Gasteiger partial charge in [0.15, 0.2) is 5.96 Å². The zero-order valence-electron chi connectivity index (χ0n) is 12.1. The monoisotopic (exact) mass is 253 g/mol. The van der Waals surface area contributed by atoms with E-state index in [1.165, 1.54) is 0 Å². The van der Waals surface area contributed by atoms with Gasteiger partial charge in [-0.2, -0.15) is 0 Å². The lowest BCUT2D eigenvalue weighted by Crippen LogP contribution is -2.57. The first kappa shape index (κ1) is 13.7. The van der Waals surface area contributed by atoms with Crippen LogP contribution in [0.25, 0.3) is 0 Å². The van der Waals surface area contributed by atoms with Gasteiger partial charge in [-0.25, -0.2) is 0 Å². The van der Waals surface area contributed by atoms with Gasteiger partial charge in [0.05, 0.1) is 18.2 Å². The van der Waals surface area contributed by atoms with Crippen molar-refractivity contribution in [1.29, 1.82) is 0 Å². The van der Waals surface area contributed by atoms with Gasteiger partial charge in [-0.05, 0) is 24.7 Å². The van der Waals surface area contributed by atoms with Gasteiger partial charge in [-0.1, -0.05) is 27.7 Å². The van der Waals surface area contributed by atoms with E-state index in [-0.39, 0.29) is 5.54 Å². The molecule has 0 bridgehead atoms. The van der Waals surface area contributed by atoms with E-state index in [4.69, 9.17) is 10.5 Å². The summed E-state index contributed by atoms with van der Waals surface area (Å²) in [6.07, 6.45) is 2.45. The average molecular weight is 253 g/mol. The van der Waals surface area contributed by atoms with Crippen molar-refractivity contribution in [2.24, 2.45) is 22.6 Å². The molecule has 0 aromatic carbocycles. The second-order valence-electron chi connectivity index (χ2n) is 6.51. The fourth-order valence-corrected chi connectivity index (χ4v) is 3.05. The highest BCUT2D eigenvalue weighted by atomic mass is 16.5. The van der Waals surface area contributed by atoms with Crippen LogP contribution in [0.3, 0.4) is 0 Å². The van der Waals surface area contributed by atoms with Crippen LogP contribution in [0.1, 0.15) is 40.5 Å². The number of nitrogens with zero attached hydrogens (tertiary/aromatic N) is 2. The smallest absolute Gasteiger partial charge is 0.191 e. The third-order valence-corrected chi connectivity index (χ3v) is 4.16. The molecule has 0 aromatic rings. The van der Waals surface area contributed by atoms with Crippen LogP contribution in [-0.2, 0) is 4.74 Å². The molecule has 104 valence electrons. The van der Waals surface area contributed by atoms with Gasteiger partial charge in [-0.3, -0.25) is 4.99 Å². The van der Waals surface area contributed by atoms with Crippen molar-refractivity contribution >= 4 is 5.96 Å². The Bertz CT molecular complexity index is 327. The summed E-state index contributed by atoms with van der Waals surface area (Å²) < 4.78 is 5.90. The number of rotatable bonds is 3. The minimum Gasteiger partial charge on any atom is -0.378 e. The molecule has 0 aromatic heterocycles. The van der Waals surface area contributed by atoms with Crippen molar-refractivity contribution in [3.63, 3.8) is 0 Å². The van der Waals surface area contributed by atoms with Gasteiger partial charge in [0.1, 0.15) is 0 Å². The molecule has 0 amide bonds. The lowest BCUT2D eigenvalue weighted by atomic mass is 9.82. The Labute approximate surface area is 111 Å². The molecular weight excluding hydrogens is 226 g/mol. The zero-order valence-corrected chi connectivity index (χ0v) is 12.1. The summed E-state index contributed by atoms with van der Waals surface area (Å²) >= 11 is 0. The van der Waals surface area contributed by atoms with Crippen LogP contribution in [0, 0.1) is 11.8 Å². The standard InChI is InChI=1S/C14H27N3O/c1-10(2)8-17-13(15)16-9-14(17)5-6-18-12(7-14)11(3)4/h10-12H,5-9H2,1-4H3,(H2,15,16). The van der Waals surface area contributed by atoms with Gasteiger partial charge >= 0.3 is 0 Å². The summed E-state index contributed by atoms with van der Waals surface area (Å²) in [4.78, 5) is 6.85. The molecule has 2 aliphatic heterocycles. The summed E-state index contributed by atoms with van der Waals surface area (Å²) in [7, 11) is 0. The first-order chi connectivity index (χ1) is 8.44. The van der Waals surface area contributed by atoms with Crippen molar-refractivity contribution in [3.8, 4) is 0 Å². The van der Waals surface area contributed by atoms with Crippen LogP contribution in [0.15, 0.2) is 4.99 Å². The topological polar surface area (TPSA) is 50.8 Å². The van der Waals surface area contributed by atoms with Crippen molar-refractivity contribution in [2.45, 2.75) is 52.2 Å². The summed E-state index contributed by atoms with van der Waals surface area (Å²) in [5.41, 5.74) is 6.22. The number of nitrogens with two attached hydrogens (primary N) is 1. The number of guanidine groups is 1. The molecule has 4 nitrogen and oxygen atoms in total. The van der Waals surface area contributed by atoms with Crippen LogP contribution >= 0.6 is 0 Å². The van der Waals surface area contributed by atoms with Crippen LogP contribution in [0.5, 0.6) is 0 Å². The zero-order chi connectivity index (χ0) is 13.3. The van der Waals surface area contributed by atoms with Crippen molar-refractivity contribution < 1.29 is 4.74 Å². The Morgan fingerprint density at radius 1 is 1.44 bits per heavy atom. The van der Waals surface area contributed by atoms with Crippen LogP contribution in [0.4, 0.5) is 0 Å². The lowest BCUT2D eigenvalue weighted by Gasteiger charge is -2.46. The Hall–Kier alpha value is -0.770. The highest BCUT2D eigenvalue weighted by molar-refractivity contribution is 5.81. The van der Waals surface area contributed by atoms with E-state index in [1.54, 1.807) is 0 Å². The molecule has 2 N–H and O–H groups in total. The van der Waals surface area contributed by atoms with Gasteiger partial charge in [-0.15, -0.1) is 0 Å². The van der Waals surface area contributed by atoms with E-state index >= 15 is 0 Å². The Kier molecular flexibility index (Phi) is 3.85. The minimum atomic E-state index is 0.127. The maximum Gasteiger partial charge on any atom is 0.191 e. The number of hydrogen-bond acceptors (Lipinski definition) is 4. The SMILES string of the molecule is CC(C)CN1C(N)=NCC12CCOC(C(C)C)C2. The molecule has 18 heavy (non-hydrogen) atoms. The molecule has 1 fully saturated rings. The van der Waals surface area contributed by atoms with Gasteiger partial charge in [0, 0.05) is 13.2 Å².